The molecule has 0 spiro atoms. The summed E-state index contributed by atoms with van der Waals surface area (Å²) in [5.74, 6) is -0.866. The number of amides is 2. The number of nitrogens with two attached hydrogens (primary N) is 1. The summed E-state index contributed by atoms with van der Waals surface area (Å²) in [5.41, 5.74) is 5.26. The Morgan fingerprint density at radius 2 is 2.13 bits per heavy atom. The first kappa shape index (κ1) is 11.8. The van der Waals surface area contributed by atoms with Crippen molar-refractivity contribution in [3.05, 3.63) is 0 Å². The number of carbonyl (C=O) groups is 2. The fourth-order valence-electron chi connectivity index (χ4n) is 1.31. The van der Waals surface area contributed by atoms with Gasteiger partial charge in [-0.1, -0.05) is 0 Å². The zero-order valence-electron chi connectivity index (χ0n) is 8.53. The van der Waals surface area contributed by atoms with Crippen molar-refractivity contribution in [3.63, 3.8) is 0 Å². The van der Waals surface area contributed by atoms with Gasteiger partial charge in [-0.2, -0.15) is 0 Å². The number of hydrogen-bond donors (Lipinski definition) is 4. The first-order valence-corrected chi connectivity index (χ1v) is 5.12. The number of aliphatic carboxylic acids is 1. The van der Waals surface area contributed by atoms with Crippen LogP contribution in [0.15, 0.2) is 0 Å². The molecule has 1 unspecified atom stereocenters. The van der Waals surface area contributed by atoms with E-state index in [0.29, 0.717) is 19.5 Å². The molecule has 15 heavy (non-hydrogen) atoms. The van der Waals surface area contributed by atoms with Gasteiger partial charge in [0, 0.05) is 6.54 Å². The average molecular weight is 215 g/mol. The Hall–Kier alpha value is -1.30. The third-order valence-corrected chi connectivity index (χ3v) is 2.31. The highest BCUT2D eigenvalue weighted by atomic mass is 16.4. The van der Waals surface area contributed by atoms with Gasteiger partial charge >= 0.3 is 12.0 Å². The van der Waals surface area contributed by atoms with Crippen molar-refractivity contribution in [2.45, 2.75) is 25.3 Å². The topological polar surface area (TPSA) is 104 Å². The largest absolute Gasteiger partial charge is 0.480 e. The highest BCUT2D eigenvalue weighted by Crippen LogP contribution is 2.32. The number of carboxylic acid groups (broad SMARTS) is 1. The van der Waals surface area contributed by atoms with Gasteiger partial charge in [-0.3, -0.25) is 0 Å². The van der Waals surface area contributed by atoms with Crippen molar-refractivity contribution in [3.8, 4) is 0 Å². The fraction of sp³-hybridized carbons (Fsp3) is 0.778. The van der Waals surface area contributed by atoms with Crippen LogP contribution in [0.3, 0.4) is 0 Å². The third-order valence-electron chi connectivity index (χ3n) is 2.31. The molecule has 0 radical (unpaired) electrons. The summed E-state index contributed by atoms with van der Waals surface area (Å²) in [7, 11) is 0. The first-order valence-electron chi connectivity index (χ1n) is 5.12. The number of nitrogens with one attached hydrogen (secondary N) is 2. The van der Waals surface area contributed by atoms with E-state index in [1.54, 1.807) is 0 Å². The molecule has 0 aromatic heterocycles. The van der Waals surface area contributed by atoms with Crippen molar-refractivity contribution < 1.29 is 14.7 Å². The number of carbonyl (C=O) groups excluding carboxylic acids is 1. The summed E-state index contributed by atoms with van der Waals surface area (Å²) in [6.45, 7) is 0.977. The lowest BCUT2D eigenvalue weighted by atomic mass is 10.2. The second-order valence-corrected chi connectivity index (χ2v) is 3.70. The number of carboxylic acids is 1. The van der Waals surface area contributed by atoms with Gasteiger partial charge in [0.05, 0.1) is 0 Å². The van der Waals surface area contributed by atoms with Crippen molar-refractivity contribution in [1.82, 2.24) is 10.6 Å². The first-order chi connectivity index (χ1) is 7.15. The van der Waals surface area contributed by atoms with Crippen LogP contribution in [0, 0.1) is 5.92 Å². The minimum atomic E-state index is -0.966. The summed E-state index contributed by atoms with van der Waals surface area (Å²) in [6, 6.07) is -1.18. The lowest BCUT2D eigenvalue weighted by Gasteiger charge is -2.13. The van der Waals surface area contributed by atoms with Gasteiger partial charge in [0.1, 0.15) is 6.04 Å². The molecular weight excluding hydrogens is 198 g/mol. The number of rotatable bonds is 6. The molecule has 0 aromatic rings. The second-order valence-electron chi connectivity index (χ2n) is 3.70. The molecule has 86 valence electrons. The van der Waals surface area contributed by atoms with Crippen LogP contribution >= 0.6 is 0 Å². The minimum Gasteiger partial charge on any atom is -0.480 e. The van der Waals surface area contributed by atoms with Crippen LogP contribution in [-0.2, 0) is 4.79 Å². The van der Waals surface area contributed by atoms with Crippen LogP contribution < -0.4 is 16.4 Å². The third kappa shape index (κ3) is 4.16. The maximum absolute atomic E-state index is 11.2. The summed E-state index contributed by atoms with van der Waals surface area (Å²) >= 11 is 0. The maximum atomic E-state index is 11.2. The minimum absolute atomic E-state index is 0.0998. The Morgan fingerprint density at radius 1 is 1.47 bits per heavy atom. The van der Waals surface area contributed by atoms with Gasteiger partial charge in [0.2, 0.25) is 0 Å². The summed E-state index contributed by atoms with van der Waals surface area (Å²) in [6.07, 6.45) is 2.44. The number of urea groups is 1. The van der Waals surface area contributed by atoms with Gasteiger partial charge in [0.25, 0.3) is 0 Å². The van der Waals surface area contributed by atoms with Crippen LogP contribution in [0.5, 0.6) is 0 Å². The number of hydrogen-bond acceptors (Lipinski definition) is 3. The molecule has 1 saturated carbocycles. The molecule has 0 bridgehead atoms. The quantitative estimate of drug-likeness (QED) is 0.448. The van der Waals surface area contributed by atoms with Crippen LogP contribution in [-0.4, -0.2) is 36.2 Å². The van der Waals surface area contributed by atoms with Gasteiger partial charge in [-0.25, -0.2) is 9.59 Å². The van der Waals surface area contributed by atoms with E-state index in [1.165, 1.54) is 0 Å². The molecule has 0 heterocycles. The SMILES string of the molecule is NCCCNC(=O)NC(C(=O)O)C1CC1. The van der Waals surface area contributed by atoms with E-state index < -0.39 is 18.0 Å². The normalized spacial score (nSPS) is 16.9. The summed E-state index contributed by atoms with van der Waals surface area (Å²) < 4.78 is 0. The fourth-order valence-corrected chi connectivity index (χ4v) is 1.31. The van der Waals surface area contributed by atoms with Gasteiger partial charge in [-0.05, 0) is 31.7 Å². The molecule has 1 atom stereocenters. The Kier molecular flexibility index (Phi) is 4.36. The van der Waals surface area contributed by atoms with E-state index >= 15 is 0 Å². The highest BCUT2D eigenvalue weighted by Gasteiger charge is 2.37. The maximum Gasteiger partial charge on any atom is 0.326 e. The standard InChI is InChI=1S/C9H17N3O3/c10-4-1-5-11-9(15)12-7(8(13)14)6-2-3-6/h6-7H,1-5,10H2,(H,13,14)(H2,11,12,15). The molecule has 1 aliphatic rings. The molecule has 6 nitrogen and oxygen atoms in total. The molecule has 1 rings (SSSR count). The zero-order valence-corrected chi connectivity index (χ0v) is 8.53. The smallest absolute Gasteiger partial charge is 0.326 e. The Bertz CT molecular complexity index is 241. The lowest BCUT2D eigenvalue weighted by molar-refractivity contribution is -0.139. The molecule has 5 N–H and O–H groups in total. The second kappa shape index (κ2) is 5.55. The van der Waals surface area contributed by atoms with E-state index in [1.807, 2.05) is 0 Å². The van der Waals surface area contributed by atoms with Gasteiger partial charge in [-0.15, -0.1) is 0 Å². The Balaban J connectivity index is 2.24. The van der Waals surface area contributed by atoms with Crippen molar-refractivity contribution in [2.24, 2.45) is 11.7 Å². The van der Waals surface area contributed by atoms with E-state index in [2.05, 4.69) is 10.6 Å². The average Bonchev–Trinajstić information content (AvgIpc) is 2.97. The lowest BCUT2D eigenvalue weighted by Crippen LogP contribution is -2.47. The van der Waals surface area contributed by atoms with E-state index in [0.717, 1.165) is 12.8 Å². The van der Waals surface area contributed by atoms with Crippen LogP contribution in [0.4, 0.5) is 4.79 Å². The molecule has 0 aliphatic heterocycles. The van der Waals surface area contributed by atoms with Gasteiger partial charge in [0.15, 0.2) is 0 Å². The van der Waals surface area contributed by atoms with Crippen LogP contribution in [0.1, 0.15) is 19.3 Å². The zero-order chi connectivity index (χ0) is 11.3. The summed E-state index contributed by atoms with van der Waals surface area (Å²) in [5, 5.41) is 13.8. The van der Waals surface area contributed by atoms with Crippen molar-refractivity contribution in [1.29, 1.82) is 0 Å². The molecular formula is C9H17N3O3. The van der Waals surface area contributed by atoms with Crippen LogP contribution in [0.25, 0.3) is 0 Å². The molecule has 0 aromatic carbocycles. The van der Waals surface area contributed by atoms with E-state index in [-0.39, 0.29) is 5.92 Å². The Morgan fingerprint density at radius 3 is 2.60 bits per heavy atom. The molecule has 1 fully saturated rings. The highest BCUT2D eigenvalue weighted by molar-refractivity contribution is 5.83. The van der Waals surface area contributed by atoms with Gasteiger partial charge < -0.3 is 21.5 Å². The van der Waals surface area contributed by atoms with Crippen molar-refractivity contribution in [2.75, 3.05) is 13.1 Å². The predicted octanol–water partition coefficient (Wildman–Crippen LogP) is -0.502. The summed E-state index contributed by atoms with van der Waals surface area (Å²) in [4.78, 5) is 22.0. The van der Waals surface area contributed by atoms with Crippen LogP contribution in [0.2, 0.25) is 0 Å². The molecule has 2 amide bonds. The van der Waals surface area contributed by atoms with E-state index in [4.69, 9.17) is 10.8 Å². The van der Waals surface area contributed by atoms with Crippen molar-refractivity contribution >= 4 is 12.0 Å². The monoisotopic (exact) mass is 215 g/mol. The molecule has 0 saturated heterocycles. The Labute approximate surface area is 88.2 Å². The predicted molar refractivity (Wildman–Crippen MR) is 54.4 cm³/mol. The van der Waals surface area contributed by atoms with E-state index in [9.17, 15) is 9.59 Å². The molecule has 6 heteroatoms. The molecule has 1 aliphatic carbocycles.